The number of hydrogen-bond acceptors (Lipinski definition) is 10. The minimum absolute atomic E-state index is 0.00145. The summed E-state index contributed by atoms with van der Waals surface area (Å²) in [5.41, 5.74) is 0.843. The van der Waals surface area contributed by atoms with Gasteiger partial charge in [-0.1, -0.05) is 69.9 Å². The van der Waals surface area contributed by atoms with E-state index < -0.39 is 36.0 Å². The van der Waals surface area contributed by atoms with Gasteiger partial charge in [-0.3, -0.25) is 33.7 Å². The first-order valence-electron chi connectivity index (χ1n) is 21.2. The molecule has 4 N–H and O–H groups in total. The first-order valence-corrected chi connectivity index (χ1v) is 22.3. The summed E-state index contributed by atoms with van der Waals surface area (Å²) >= 11 is 1.25. The molecule has 1 aromatic carbocycles. The molecule has 6 amide bonds. The fraction of sp³-hybridized carbons (Fsp3) is 0.674. The average Bonchev–Trinajstić information content (AvgIpc) is 3.21. The maximum atomic E-state index is 14.0. The highest BCUT2D eigenvalue weighted by Crippen LogP contribution is 2.20. The number of aldehydes is 2. The molecule has 3 unspecified atom stereocenters. The molecule has 0 saturated carbocycles. The zero-order valence-electron chi connectivity index (χ0n) is 36.0. The molecular weight excluding hydrogens is 775 g/mol. The molecule has 6 atom stereocenters. The molecule has 16 heteroatoms. The number of amides is 6. The Morgan fingerprint density at radius 1 is 0.847 bits per heavy atom. The summed E-state index contributed by atoms with van der Waals surface area (Å²) in [4.78, 5) is 108. The molecule has 1 aromatic rings. The highest BCUT2D eigenvalue weighted by atomic mass is 32.2. The van der Waals surface area contributed by atoms with Crippen molar-refractivity contribution in [1.82, 2.24) is 36.0 Å². The van der Waals surface area contributed by atoms with E-state index in [0.717, 1.165) is 44.0 Å². The van der Waals surface area contributed by atoms with Crippen LogP contribution in [0.4, 0.5) is 0 Å². The van der Waals surface area contributed by atoms with Crippen LogP contribution in [0.3, 0.4) is 0 Å². The van der Waals surface area contributed by atoms with Gasteiger partial charge in [0.25, 0.3) is 0 Å². The van der Waals surface area contributed by atoms with E-state index in [1.165, 1.54) is 16.7 Å². The summed E-state index contributed by atoms with van der Waals surface area (Å²) in [6.07, 6.45) is 8.32. The number of benzene rings is 1. The number of likely N-dealkylation sites (tertiary alicyclic amines) is 1. The summed E-state index contributed by atoms with van der Waals surface area (Å²) < 4.78 is 0. The number of unbranched alkanes of at least 4 members (excludes halogenated alkanes) is 2. The topological polar surface area (TPSA) is 194 Å². The number of carbonyl (C=O) groups excluding carboxylic acids is 8. The third-order valence-corrected chi connectivity index (χ3v) is 11.5. The molecule has 0 radical (unpaired) electrons. The highest BCUT2D eigenvalue weighted by Gasteiger charge is 2.37. The molecule has 1 aliphatic rings. The molecule has 330 valence electrons. The van der Waals surface area contributed by atoms with Crippen LogP contribution in [-0.4, -0.2) is 145 Å². The molecule has 0 aromatic heterocycles. The predicted molar refractivity (Wildman–Crippen MR) is 230 cm³/mol. The maximum Gasteiger partial charge on any atom is 0.246 e. The molecule has 2 rings (SSSR count). The van der Waals surface area contributed by atoms with Crippen molar-refractivity contribution in [3.63, 3.8) is 0 Å². The number of nitrogens with one attached hydrogen (secondary N) is 4. The number of likely N-dealkylation sites (N-methyl/N-ethyl adjacent to an activating group) is 2. The first-order chi connectivity index (χ1) is 28.3. The van der Waals surface area contributed by atoms with Crippen LogP contribution in [0.25, 0.3) is 0 Å². The van der Waals surface area contributed by atoms with Crippen LogP contribution < -0.4 is 21.3 Å². The van der Waals surface area contributed by atoms with Gasteiger partial charge < -0.3 is 40.7 Å². The highest BCUT2D eigenvalue weighted by molar-refractivity contribution is 7.99. The van der Waals surface area contributed by atoms with Gasteiger partial charge in [-0.15, -0.1) is 0 Å². The summed E-state index contributed by atoms with van der Waals surface area (Å²) in [6.45, 7) is 6.33. The average molecular weight is 844 g/mol. The van der Waals surface area contributed by atoms with Crippen LogP contribution in [0.1, 0.15) is 103 Å². The number of nitrogens with zero attached hydrogens (tertiary/aromatic N) is 3. The number of piperidine rings is 1. The lowest BCUT2D eigenvalue weighted by atomic mass is 9.97. The van der Waals surface area contributed by atoms with Gasteiger partial charge in [0.15, 0.2) is 0 Å². The minimum Gasteiger partial charge on any atom is -0.353 e. The van der Waals surface area contributed by atoms with Gasteiger partial charge in [0, 0.05) is 51.2 Å². The lowest BCUT2D eigenvalue weighted by molar-refractivity contribution is -0.145. The zero-order chi connectivity index (χ0) is 43.7. The lowest BCUT2D eigenvalue weighted by Gasteiger charge is -2.37. The molecule has 0 aliphatic carbocycles. The second-order valence-electron chi connectivity index (χ2n) is 15.5. The van der Waals surface area contributed by atoms with E-state index in [-0.39, 0.29) is 73.7 Å². The Morgan fingerprint density at radius 2 is 1.53 bits per heavy atom. The molecular formula is C43H69N7O8S. The van der Waals surface area contributed by atoms with Gasteiger partial charge in [-0.2, -0.15) is 11.8 Å². The van der Waals surface area contributed by atoms with E-state index in [0.29, 0.717) is 44.3 Å². The molecule has 15 nitrogen and oxygen atoms in total. The Hall–Kier alpha value is -4.31. The Kier molecular flexibility index (Phi) is 24.3. The number of rotatable bonds is 28. The minimum atomic E-state index is -1.00. The number of carbonyl (C=O) groups is 8. The van der Waals surface area contributed by atoms with Crippen molar-refractivity contribution in [2.24, 2.45) is 0 Å². The normalized spacial score (nSPS) is 16.5. The van der Waals surface area contributed by atoms with Crippen molar-refractivity contribution in [2.75, 3.05) is 45.7 Å². The molecule has 59 heavy (non-hydrogen) atoms. The smallest absolute Gasteiger partial charge is 0.246 e. The van der Waals surface area contributed by atoms with E-state index in [2.05, 4.69) is 28.2 Å². The van der Waals surface area contributed by atoms with E-state index >= 15 is 0 Å². The molecule has 0 spiro atoms. The van der Waals surface area contributed by atoms with E-state index in [1.54, 1.807) is 18.9 Å². The van der Waals surface area contributed by atoms with Crippen LogP contribution in [0, 0.1) is 0 Å². The van der Waals surface area contributed by atoms with Crippen molar-refractivity contribution in [3.8, 4) is 0 Å². The Bertz CT molecular complexity index is 1500. The largest absolute Gasteiger partial charge is 0.353 e. The third kappa shape index (κ3) is 17.8. The number of hydrogen-bond donors (Lipinski definition) is 4. The quantitative estimate of drug-likeness (QED) is 0.0720. The lowest BCUT2D eigenvalue weighted by Crippen LogP contribution is -2.58. The van der Waals surface area contributed by atoms with Crippen LogP contribution in [0.5, 0.6) is 0 Å². The van der Waals surface area contributed by atoms with Crippen molar-refractivity contribution in [1.29, 1.82) is 0 Å². The molecule has 1 heterocycles. The van der Waals surface area contributed by atoms with Gasteiger partial charge >= 0.3 is 0 Å². The van der Waals surface area contributed by atoms with Crippen molar-refractivity contribution >= 4 is 59.8 Å². The summed E-state index contributed by atoms with van der Waals surface area (Å²) in [5.74, 6) is -1.81. The predicted octanol–water partition coefficient (Wildman–Crippen LogP) is 2.64. The van der Waals surface area contributed by atoms with E-state index in [1.807, 2.05) is 56.3 Å². The summed E-state index contributed by atoms with van der Waals surface area (Å²) in [6, 6.07) is 5.12. The maximum absolute atomic E-state index is 14.0. The Balaban J connectivity index is 2.05. The van der Waals surface area contributed by atoms with E-state index in [4.69, 9.17) is 0 Å². The molecule has 1 aliphatic heterocycles. The monoisotopic (exact) mass is 843 g/mol. The van der Waals surface area contributed by atoms with Gasteiger partial charge in [-0.05, 0) is 65.1 Å². The Labute approximate surface area is 355 Å². The summed E-state index contributed by atoms with van der Waals surface area (Å²) in [5, 5.41) is 11.3. The standard InChI is InChI=1S/C43H69N7O8S/c1-7-9-20-35(49(6)43(58)37(48(4)5)21-10-8-2)40(55)47-33(19-16-26-51)39(54)44-24-28-59-30-38(53)46-34(29-32-17-12-11-13-18-32)42(57)50-25-15-14-22-36(50)41(56)45-31(3)23-27-52/h11-13,17-18,26-27,31,33-37H,7-10,14-16,19-25,28-30H2,1-6H3,(H,44,54)(H,45,56)(H,46,53)(H,47,55)/t31-,33?,34?,35+,36?,37+/m1/s1. The van der Waals surface area contributed by atoms with Crippen molar-refractivity contribution in [3.05, 3.63) is 35.9 Å². The van der Waals surface area contributed by atoms with Crippen LogP contribution >= 0.6 is 11.8 Å². The molecule has 1 saturated heterocycles. The van der Waals surface area contributed by atoms with Gasteiger partial charge in [-0.25, -0.2) is 0 Å². The van der Waals surface area contributed by atoms with E-state index in [9.17, 15) is 38.4 Å². The molecule has 1 fully saturated rings. The second-order valence-corrected chi connectivity index (χ2v) is 16.6. The fourth-order valence-corrected chi connectivity index (χ4v) is 7.75. The van der Waals surface area contributed by atoms with Crippen LogP contribution in [0.2, 0.25) is 0 Å². The third-order valence-electron chi connectivity index (χ3n) is 10.5. The van der Waals surface area contributed by atoms with Crippen molar-refractivity contribution in [2.45, 2.75) is 140 Å². The van der Waals surface area contributed by atoms with Crippen LogP contribution in [-0.2, 0) is 44.8 Å². The fourth-order valence-electron chi connectivity index (χ4n) is 7.09. The van der Waals surface area contributed by atoms with Gasteiger partial charge in [0.2, 0.25) is 35.4 Å². The number of thioether (sulfide) groups is 1. The molecule has 0 bridgehead atoms. The van der Waals surface area contributed by atoms with Crippen molar-refractivity contribution < 1.29 is 38.4 Å². The zero-order valence-corrected chi connectivity index (χ0v) is 36.9. The Morgan fingerprint density at radius 3 is 2.15 bits per heavy atom. The van der Waals surface area contributed by atoms with Gasteiger partial charge in [0.1, 0.15) is 36.7 Å². The van der Waals surface area contributed by atoms with Crippen LogP contribution in [0.15, 0.2) is 30.3 Å². The first kappa shape index (κ1) is 50.8. The van der Waals surface area contributed by atoms with Gasteiger partial charge in [0.05, 0.1) is 11.8 Å². The second kappa shape index (κ2) is 28.2. The SMILES string of the molecule is CCCC[C@@H](C(=O)N(C)[C@@H](CCCC)C(=O)NC(CCC=O)C(=O)NCCSCC(=O)NC(Cc1ccccc1)C(=O)N1CCCCC1C(=O)N[C@H](C)CC=O)N(C)C. The summed E-state index contributed by atoms with van der Waals surface area (Å²) in [7, 11) is 5.32.